The van der Waals surface area contributed by atoms with Crippen molar-refractivity contribution in [3.8, 4) is 12.1 Å². The number of carbonyl (C=O) groups excluding carboxylic acids is 1. The second-order valence-corrected chi connectivity index (χ2v) is 7.95. The molecule has 0 unspecified atom stereocenters. The maximum Gasteiger partial charge on any atom is 0.139 e. The molecule has 2 aliphatic rings. The van der Waals surface area contributed by atoms with Crippen LogP contribution in [-0.4, -0.2) is 5.78 Å². The van der Waals surface area contributed by atoms with Gasteiger partial charge in [0, 0.05) is 24.2 Å². The highest BCUT2D eigenvalue weighted by Gasteiger charge is 2.56. The van der Waals surface area contributed by atoms with E-state index >= 15 is 0 Å². The molecule has 0 aliphatic heterocycles. The van der Waals surface area contributed by atoms with Crippen LogP contribution in [0.1, 0.15) is 55.3 Å². The number of ketones is 1. The predicted octanol–water partition coefficient (Wildman–Crippen LogP) is 4.96. The van der Waals surface area contributed by atoms with Crippen molar-refractivity contribution in [2.75, 3.05) is 0 Å². The summed E-state index contributed by atoms with van der Waals surface area (Å²) in [6.45, 7) is 0. The Kier molecular flexibility index (Phi) is 4.58. The average Bonchev–Trinajstić information content (AvgIpc) is 3.23. The number of Topliss-reactive ketones (excluding diaryl/α,β-unsaturated/α-hetero) is 1. The van der Waals surface area contributed by atoms with Gasteiger partial charge in [-0.1, -0.05) is 30.3 Å². The third-order valence-electron chi connectivity index (χ3n) is 6.71. The molecular formula is C23H22N2O2. The molecule has 4 nitrogen and oxygen atoms in total. The number of carbonyl (C=O) groups is 1. The molecule has 0 bridgehead atoms. The highest BCUT2D eigenvalue weighted by molar-refractivity contribution is 5.81. The second-order valence-electron chi connectivity index (χ2n) is 7.95. The molecule has 0 spiro atoms. The Labute approximate surface area is 159 Å². The van der Waals surface area contributed by atoms with Gasteiger partial charge in [-0.25, -0.2) is 0 Å². The van der Waals surface area contributed by atoms with E-state index in [-0.39, 0.29) is 17.6 Å². The minimum absolute atomic E-state index is 0.0584. The lowest BCUT2D eigenvalue weighted by atomic mass is 9.49. The number of hydrogen-bond acceptors (Lipinski definition) is 4. The summed E-state index contributed by atoms with van der Waals surface area (Å²) >= 11 is 0. The van der Waals surface area contributed by atoms with Gasteiger partial charge in [0.25, 0.3) is 0 Å². The molecule has 4 heteroatoms. The molecule has 27 heavy (non-hydrogen) atoms. The summed E-state index contributed by atoms with van der Waals surface area (Å²) in [7, 11) is 0. The molecule has 0 amide bonds. The number of benzene rings is 1. The van der Waals surface area contributed by atoms with Crippen LogP contribution in [0.25, 0.3) is 0 Å². The Morgan fingerprint density at radius 3 is 2.56 bits per heavy atom. The molecule has 2 aromatic rings. The fraction of sp³-hybridized carbons (Fsp3) is 0.435. The molecule has 0 N–H and O–H groups in total. The fourth-order valence-electron chi connectivity index (χ4n) is 5.47. The molecule has 2 aliphatic carbocycles. The number of hydrogen-bond donors (Lipinski definition) is 0. The highest BCUT2D eigenvalue weighted by atomic mass is 16.3. The lowest BCUT2D eigenvalue weighted by Gasteiger charge is -2.52. The van der Waals surface area contributed by atoms with E-state index in [1.807, 2.05) is 18.2 Å². The van der Waals surface area contributed by atoms with Gasteiger partial charge in [-0.3, -0.25) is 4.79 Å². The molecule has 136 valence electrons. The number of rotatable bonds is 3. The Bertz CT molecular complexity index is 877. The lowest BCUT2D eigenvalue weighted by molar-refractivity contribution is -0.130. The van der Waals surface area contributed by atoms with Crippen LogP contribution in [0.5, 0.6) is 0 Å². The molecule has 1 aromatic carbocycles. The first-order valence-corrected chi connectivity index (χ1v) is 9.57. The maximum absolute atomic E-state index is 12.7. The second kappa shape index (κ2) is 7.05. The SMILES string of the molecule is N#CC(C#N)[C@]12CC[C@H](c3ccccc3)C[C@H]1[C@H](c1ccco1)CC(=O)C2. The van der Waals surface area contributed by atoms with Crippen molar-refractivity contribution in [3.05, 3.63) is 60.1 Å². The minimum Gasteiger partial charge on any atom is -0.469 e. The van der Waals surface area contributed by atoms with Crippen molar-refractivity contribution in [3.63, 3.8) is 0 Å². The first kappa shape index (κ1) is 17.6. The quantitative estimate of drug-likeness (QED) is 0.777. The molecular weight excluding hydrogens is 336 g/mol. The van der Waals surface area contributed by atoms with Gasteiger partial charge in [-0.15, -0.1) is 0 Å². The summed E-state index contributed by atoms with van der Waals surface area (Å²) in [6, 6.07) is 18.6. The van der Waals surface area contributed by atoms with E-state index in [0.29, 0.717) is 18.8 Å². The summed E-state index contributed by atoms with van der Waals surface area (Å²) < 4.78 is 5.69. The summed E-state index contributed by atoms with van der Waals surface area (Å²) in [5, 5.41) is 19.4. The third-order valence-corrected chi connectivity index (χ3v) is 6.71. The van der Waals surface area contributed by atoms with Crippen molar-refractivity contribution < 1.29 is 9.21 Å². The zero-order valence-corrected chi connectivity index (χ0v) is 15.2. The van der Waals surface area contributed by atoms with Crippen LogP contribution < -0.4 is 0 Å². The summed E-state index contributed by atoms with van der Waals surface area (Å²) in [5.74, 6) is 0.595. The average molecular weight is 358 g/mol. The number of nitrogens with zero attached hydrogens (tertiary/aromatic N) is 2. The number of nitriles is 2. The third kappa shape index (κ3) is 2.96. The molecule has 2 fully saturated rings. The topological polar surface area (TPSA) is 77.8 Å². The first-order valence-electron chi connectivity index (χ1n) is 9.57. The van der Waals surface area contributed by atoms with E-state index in [0.717, 1.165) is 25.0 Å². The molecule has 4 atom stereocenters. The van der Waals surface area contributed by atoms with Crippen LogP contribution in [0, 0.1) is 39.9 Å². The Hall–Kier alpha value is -2.85. The van der Waals surface area contributed by atoms with Crippen LogP contribution >= 0.6 is 0 Å². The minimum atomic E-state index is -0.763. The van der Waals surface area contributed by atoms with Gasteiger partial charge in [-0.2, -0.15) is 10.5 Å². The lowest BCUT2D eigenvalue weighted by Crippen LogP contribution is -2.49. The summed E-state index contributed by atoms with van der Waals surface area (Å²) in [5.41, 5.74) is 0.730. The molecule has 2 saturated carbocycles. The summed E-state index contributed by atoms with van der Waals surface area (Å²) in [6.07, 6.45) is 4.92. The van der Waals surface area contributed by atoms with Gasteiger partial charge in [0.15, 0.2) is 0 Å². The van der Waals surface area contributed by atoms with Crippen molar-refractivity contribution in [1.29, 1.82) is 10.5 Å². The van der Waals surface area contributed by atoms with Crippen LogP contribution in [0.15, 0.2) is 53.1 Å². The van der Waals surface area contributed by atoms with Crippen LogP contribution in [0.2, 0.25) is 0 Å². The molecule has 0 saturated heterocycles. The van der Waals surface area contributed by atoms with Gasteiger partial charge in [0.2, 0.25) is 0 Å². The van der Waals surface area contributed by atoms with Crippen molar-refractivity contribution in [2.45, 2.75) is 43.9 Å². The van der Waals surface area contributed by atoms with Crippen LogP contribution in [-0.2, 0) is 4.79 Å². The van der Waals surface area contributed by atoms with Crippen molar-refractivity contribution in [2.24, 2.45) is 17.3 Å². The normalized spacial score (nSPS) is 30.3. The van der Waals surface area contributed by atoms with Crippen LogP contribution in [0.3, 0.4) is 0 Å². The predicted molar refractivity (Wildman–Crippen MR) is 99.4 cm³/mol. The first-order chi connectivity index (χ1) is 13.2. The molecule has 1 heterocycles. The smallest absolute Gasteiger partial charge is 0.139 e. The zero-order valence-electron chi connectivity index (χ0n) is 15.2. The molecule has 4 rings (SSSR count). The van der Waals surface area contributed by atoms with Gasteiger partial charge < -0.3 is 4.42 Å². The monoisotopic (exact) mass is 358 g/mol. The molecule has 1 aromatic heterocycles. The Morgan fingerprint density at radius 1 is 1.11 bits per heavy atom. The van der Waals surface area contributed by atoms with Crippen LogP contribution in [0.4, 0.5) is 0 Å². The Morgan fingerprint density at radius 2 is 1.89 bits per heavy atom. The van der Waals surface area contributed by atoms with E-state index in [1.54, 1.807) is 6.26 Å². The summed E-state index contributed by atoms with van der Waals surface area (Å²) in [4.78, 5) is 12.7. The zero-order chi connectivity index (χ0) is 18.9. The van der Waals surface area contributed by atoms with Crippen molar-refractivity contribution in [1.82, 2.24) is 0 Å². The van der Waals surface area contributed by atoms with Gasteiger partial charge >= 0.3 is 0 Å². The fourth-order valence-corrected chi connectivity index (χ4v) is 5.47. The number of furan rings is 1. The van der Waals surface area contributed by atoms with Crippen molar-refractivity contribution >= 4 is 5.78 Å². The van der Waals surface area contributed by atoms with Gasteiger partial charge in [-0.05, 0) is 48.8 Å². The standard InChI is InChI=1S/C23H22N2O2/c24-14-18(15-25)23-9-8-17(16-5-2-1-3-6-16)11-21(23)20(12-19(26)13-23)22-7-4-10-27-22/h1-7,10,17-18,20-21H,8-9,11-13H2/t17-,20+,21-,23+/m0/s1. The van der Waals surface area contributed by atoms with Gasteiger partial charge in [0.05, 0.1) is 18.4 Å². The number of fused-ring (bicyclic) bond motifs is 1. The largest absolute Gasteiger partial charge is 0.469 e. The highest BCUT2D eigenvalue weighted by Crippen LogP contribution is 2.60. The Balaban J connectivity index is 1.76. The van der Waals surface area contributed by atoms with E-state index in [9.17, 15) is 15.3 Å². The van der Waals surface area contributed by atoms with Gasteiger partial charge in [0.1, 0.15) is 17.5 Å². The van der Waals surface area contributed by atoms with E-state index < -0.39 is 11.3 Å². The molecule has 0 radical (unpaired) electrons. The van der Waals surface area contributed by atoms with E-state index in [4.69, 9.17) is 4.42 Å². The van der Waals surface area contributed by atoms with E-state index in [1.165, 1.54) is 5.56 Å². The van der Waals surface area contributed by atoms with E-state index in [2.05, 4.69) is 36.4 Å². The maximum atomic E-state index is 12.7.